The first-order valence-electron chi connectivity index (χ1n) is 5.67. The zero-order valence-electron chi connectivity index (χ0n) is 9.62. The van der Waals surface area contributed by atoms with Gasteiger partial charge < -0.3 is 5.32 Å². The third kappa shape index (κ3) is 3.26. The van der Waals surface area contributed by atoms with Gasteiger partial charge in [-0.05, 0) is 35.0 Å². The molecule has 0 aliphatic heterocycles. The van der Waals surface area contributed by atoms with E-state index < -0.39 is 0 Å². The molecular formula is C11H15BrClN3S. The highest BCUT2D eigenvalue weighted by Gasteiger charge is 2.25. The van der Waals surface area contributed by atoms with Gasteiger partial charge in [-0.2, -0.15) is 11.8 Å². The molecule has 1 aliphatic rings. The van der Waals surface area contributed by atoms with Crippen LogP contribution < -0.4 is 5.32 Å². The number of nitrogens with one attached hydrogen (secondary N) is 1. The van der Waals surface area contributed by atoms with Gasteiger partial charge in [0.1, 0.15) is 17.3 Å². The van der Waals surface area contributed by atoms with E-state index in [4.69, 9.17) is 11.6 Å². The van der Waals surface area contributed by atoms with E-state index in [1.54, 1.807) is 0 Å². The Morgan fingerprint density at radius 3 is 2.94 bits per heavy atom. The Bertz CT molecular complexity index is 391. The van der Waals surface area contributed by atoms with Crippen molar-refractivity contribution in [2.24, 2.45) is 0 Å². The number of aromatic nitrogens is 2. The molecule has 0 radical (unpaired) electrons. The van der Waals surface area contributed by atoms with E-state index in [2.05, 4.69) is 37.5 Å². The smallest absolute Gasteiger partial charge is 0.148 e. The Labute approximate surface area is 119 Å². The van der Waals surface area contributed by atoms with Crippen LogP contribution in [0.4, 0.5) is 5.82 Å². The second-order valence-electron chi connectivity index (χ2n) is 4.14. The molecule has 2 unspecified atom stereocenters. The van der Waals surface area contributed by atoms with Gasteiger partial charge in [-0.3, -0.25) is 0 Å². The third-order valence-electron chi connectivity index (χ3n) is 3.07. The van der Waals surface area contributed by atoms with Crippen molar-refractivity contribution in [3.8, 4) is 0 Å². The van der Waals surface area contributed by atoms with Crippen molar-refractivity contribution in [2.45, 2.75) is 37.0 Å². The summed E-state index contributed by atoms with van der Waals surface area (Å²) in [6.45, 7) is 0. The van der Waals surface area contributed by atoms with Crippen LogP contribution in [0.1, 0.15) is 25.7 Å². The molecular weight excluding hydrogens is 322 g/mol. The fraction of sp³-hybridized carbons (Fsp3) is 0.636. The highest BCUT2D eigenvalue weighted by atomic mass is 79.9. The van der Waals surface area contributed by atoms with Crippen LogP contribution in [0.15, 0.2) is 10.8 Å². The Morgan fingerprint density at radius 2 is 2.18 bits per heavy atom. The lowest BCUT2D eigenvalue weighted by Gasteiger charge is -2.31. The van der Waals surface area contributed by atoms with Crippen molar-refractivity contribution in [2.75, 3.05) is 11.6 Å². The molecule has 94 valence electrons. The van der Waals surface area contributed by atoms with Crippen LogP contribution in [0.2, 0.25) is 5.15 Å². The Hall–Kier alpha value is -0.0000000000000000555. The average molecular weight is 337 g/mol. The van der Waals surface area contributed by atoms with Crippen LogP contribution in [-0.2, 0) is 0 Å². The number of rotatable bonds is 3. The van der Waals surface area contributed by atoms with Gasteiger partial charge in [0.2, 0.25) is 0 Å². The van der Waals surface area contributed by atoms with Crippen LogP contribution in [0.5, 0.6) is 0 Å². The van der Waals surface area contributed by atoms with E-state index in [1.165, 1.54) is 32.0 Å². The maximum absolute atomic E-state index is 5.96. The second kappa shape index (κ2) is 6.25. The topological polar surface area (TPSA) is 37.8 Å². The molecule has 2 atom stereocenters. The monoisotopic (exact) mass is 335 g/mol. The number of thioether (sulfide) groups is 1. The number of nitrogens with zero attached hydrogens (tertiary/aromatic N) is 2. The van der Waals surface area contributed by atoms with Gasteiger partial charge in [0.05, 0.1) is 4.47 Å². The zero-order valence-corrected chi connectivity index (χ0v) is 12.8. The van der Waals surface area contributed by atoms with Crippen molar-refractivity contribution >= 4 is 45.1 Å². The van der Waals surface area contributed by atoms with Crippen molar-refractivity contribution in [1.82, 2.24) is 9.97 Å². The minimum atomic E-state index is 0.457. The molecule has 17 heavy (non-hydrogen) atoms. The largest absolute Gasteiger partial charge is 0.365 e. The fourth-order valence-corrected chi connectivity index (χ4v) is 3.56. The summed E-state index contributed by atoms with van der Waals surface area (Å²) in [5.41, 5.74) is 0. The van der Waals surface area contributed by atoms with Gasteiger partial charge in [0.25, 0.3) is 0 Å². The number of anilines is 1. The van der Waals surface area contributed by atoms with Crippen LogP contribution >= 0.6 is 39.3 Å². The third-order valence-corrected chi connectivity index (χ3v) is 5.51. The molecule has 2 rings (SSSR count). The predicted octanol–water partition coefficient (Wildman–Crippen LogP) is 3.98. The molecule has 1 aromatic rings. The molecule has 0 spiro atoms. The summed E-state index contributed by atoms with van der Waals surface area (Å²) in [5, 5.41) is 4.60. The quantitative estimate of drug-likeness (QED) is 0.847. The highest BCUT2D eigenvalue weighted by molar-refractivity contribution is 9.10. The molecule has 0 amide bonds. The van der Waals surface area contributed by atoms with Crippen LogP contribution in [0, 0.1) is 0 Å². The van der Waals surface area contributed by atoms with Crippen molar-refractivity contribution < 1.29 is 0 Å². The fourth-order valence-electron chi connectivity index (χ4n) is 2.17. The summed E-state index contributed by atoms with van der Waals surface area (Å²) in [5.74, 6) is 0.802. The molecule has 1 heterocycles. The zero-order chi connectivity index (χ0) is 12.3. The van der Waals surface area contributed by atoms with E-state index in [0.717, 1.165) is 10.3 Å². The number of hydrogen-bond donors (Lipinski definition) is 1. The van der Waals surface area contributed by atoms with Crippen LogP contribution in [0.3, 0.4) is 0 Å². The minimum absolute atomic E-state index is 0.457. The standard InChI is InChI=1S/C11H15BrClN3S/c1-17-8-5-3-2-4-7(8)16-11-9(12)10(13)14-6-15-11/h6-8H,2-5H2,1H3,(H,14,15,16). The molecule has 1 N–H and O–H groups in total. The van der Waals surface area contributed by atoms with Crippen LogP contribution in [-0.4, -0.2) is 27.5 Å². The van der Waals surface area contributed by atoms with Gasteiger partial charge in [-0.25, -0.2) is 9.97 Å². The number of hydrogen-bond acceptors (Lipinski definition) is 4. The first kappa shape index (κ1) is 13.4. The van der Waals surface area contributed by atoms with E-state index in [-0.39, 0.29) is 0 Å². The SMILES string of the molecule is CSC1CCCCC1Nc1ncnc(Cl)c1Br. The van der Waals surface area contributed by atoms with Crippen molar-refractivity contribution in [3.63, 3.8) is 0 Å². The molecule has 1 aliphatic carbocycles. The summed E-state index contributed by atoms with van der Waals surface area (Å²) in [6.07, 6.45) is 8.74. The van der Waals surface area contributed by atoms with Crippen LogP contribution in [0.25, 0.3) is 0 Å². The van der Waals surface area contributed by atoms with E-state index in [1.807, 2.05) is 11.8 Å². The van der Waals surface area contributed by atoms with Gasteiger partial charge >= 0.3 is 0 Å². The molecule has 0 bridgehead atoms. The van der Waals surface area contributed by atoms with E-state index in [9.17, 15) is 0 Å². The average Bonchev–Trinajstić information content (AvgIpc) is 2.35. The van der Waals surface area contributed by atoms with Gasteiger partial charge in [-0.1, -0.05) is 24.4 Å². The Morgan fingerprint density at radius 1 is 1.41 bits per heavy atom. The van der Waals surface area contributed by atoms with E-state index >= 15 is 0 Å². The highest BCUT2D eigenvalue weighted by Crippen LogP contribution is 2.32. The lowest BCUT2D eigenvalue weighted by atomic mass is 9.95. The summed E-state index contributed by atoms with van der Waals surface area (Å²) in [6, 6.07) is 0.473. The molecule has 1 saturated carbocycles. The second-order valence-corrected chi connectivity index (χ2v) is 6.36. The molecule has 1 aromatic heterocycles. The van der Waals surface area contributed by atoms with Gasteiger partial charge in [0.15, 0.2) is 0 Å². The van der Waals surface area contributed by atoms with Crippen molar-refractivity contribution in [1.29, 1.82) is 0 Å². The Kier molecular flexibility index (Phi) is 4.94. The first-order chi connectivity index (χ1) is 8.22. The van der Waals surface area contributed by atoms with Gasteiger partial charge in [0, 0.05) is 11.3 Å². The molecule has 6 heteroatoms. The first-order valence-corrected chi connectivity index (χ1v) is 8.13. The summed E-state index contributed by atoms with van der Waals surface area (Å²) >= 11 is 11.3. The lowest BCUT2D eigenvalue weighted by Crippen LogP contribution is -2.34. The Balaban J connectivity index is 2.11. The summed E-state index contributed by atoms with van der Waals surface area (Å²) in [4.78, 5) is 8.17. The molecule has 0 aromatic carbocycles. The molecule has 0 saturated heterocycles. The number of halogens is 2. The predicted molar refractivity (Wildman–Crippen MR) is 77.9 cm³/mol. The maximum atomic E-state index is 5.96. The normalized spacial score (nSPS) is 24.6. The minimum Gasteiger partial charge on any atom is -0.365 e. The molecule has 3 nitrogen and oxygen atoms in total. The summed E-state index contributed by atoms with van der Waals surface area (Å²) in [7, 11) is 0. The lowest BCUT2D eigenvalue weighted by molar-refractivity contribution is 0.474. The molecule has 1 fully saturated rings. The van der Waals surface area contributed by atoms with E-state index in [0.29, 0.717) is 16.4 Å². The van der Waals surface area contributed by atoms with Crippen molar-refractivity contribution in [3.05, 3.63) is 16.0 Å². The maximum Gasteiger partial charge on any atom is 0.148 e. The van der Waals surface area contributed by atoms with Gasteiger partial charge in [-0.15, -0.1) is 0 Å². The summed E-state index contributed by atoms with van der Waals surface area (Å²) < 4.78 is 0.757.